The molecule has 3 heteroatoms. The van der Waals surface area contributed by atoms with E-state index in [1.807, 2.05) is 6.92 Å². The topological polar surface area (TPSA) is 38.7 Å². The highest BCUT2D eigenvalue weighted by molar-refractivity contribution is 5.19. The van der Waals surface area contributed by atoms with Crippen molar-refractivity contribution in [3.8, 4) is 11.8 Å². The van der Waals surface area contributed by atoms with Gasteiger partial charge in [0.05, 0.1) is 18.3 Å². The van der Waals surface area contributed by atoms with Gasteiger partial charge >= 0.3 is 0 Å². The zero-order valence-electron chi connectivity index (χ0n) is 18.3. The zero-order valence-corrected chi connectivity index (χ0v) is 18.3. The fourth-order valence-electron chi connectivity index (χ4n) is 8.57. The fourth-order valence-corrected chi connectivity index (χ4v) is 8.57. The van der Waals surface area contributed by atoms with Crippen LogP contribution in [0.15, 0.2) is 0 Å². The number of hydrogen-bond acceptors (Lipinski definition) is 3. The van der Waals surface area contributed by atoms with Crippen LogP contribution in [0.5, 0.6) is 0 Å². The molecule has 1 heterocycles. The number of aliphatic hydroxyl groups is 1. The Morgan fingerprint density at radius 3 is 2.25 bits per heavy atom. The van der Waals surface area contributed by atoms with Crippen LogP contribution in [0, 0.1) is 52.3 Å². The van der Waals surface area contributed by atoms with Gasteiger partial charge in [0.1, 0.15) is 0 Å². The van der Waals surface area contributed by atoms with E-state index >= 15 is 0 Å². The molecule has 1 saturated heterocycles. The maximum absolute atomic E-state index is 10.5. The molecular weight excluding hydrogens is 348 g/mol. The predicted octanol–water partition coefficient (Wildman–Crippen LogP) is 4.77. The third-order valence-electron chi connectivity index (χ3n) is 9.83. The van der Waals surface area contributed by atoms with Crippen LogP contribution in [0.2, 0.25) is 0 Å². The van der Waals surface area contributed by atoms with Gasteiger partial charge in [-0.25, -0.2) is 0 Å². The van der Waals surface area contributed by atoms with Gasteiger partial charge in [-0.1, -0.05) is 19.8 Å². The minimum Gasteiger partial charge on any atom is -0.393 e. The molecule has 10 atom stereocenters. The summed E-state index contributed by atoms with van der Waals surface area (Å²) < 4.78 is 13.2. The van der Waals surface area contributed by atoms with Crippen molar-refractivity contribution in [3.05, 3.63) is 0 Å². The Morgan fingerprint density at radius 2 is 1.50 bits per heavy atom. The van der Waals surface area contributed by atoms with E-state index in [4.69, 9.17) is 9.47 Å². The van der Waals surface area contributed by atoms with Gasteiger partial charge in [-0.2, -0.15) is 0 Å². The molecule has 0 bridgehead atoms. The first kappa shape index (κ1) is 19.4. The normalized spacial score (nSPS) is 56.6. The van der Waals surface area contributed by atoms with E-state index in [1.54, 1.807) is 0 Å². The number of ether oxygens (including phenoxy) is 2. The standard InChI is InChI=1S/C25H38O3/c1-6-7-15-8-9-17-20-18(11-13-24(15,17)4)25(5)12-10-16(26)14-19(25)21-22(20)28-23(2,3)27-21/h15-22,26H,8-14H2,1-5H3/t15-,16+,17?,18?,19?,20?,21+,22+,24+,25+/m0/s1. The molecule has 0 amide bonds. The van der Waals surface area contributed by atoms with E-state index in [2.05, 4.69) is 39.5 Å². The van der Waals surface area contributed by atoms with Crippen LogP contribution < -0.4 is 0 Å². The molecule has 28 heavy (non-hydrogen) atoms. The first-order valence-corrected chi connectivity index (χ1v) is 11.7. The van der Waals surface area contributed by atoms with E-state index in [9.17, 15) is 5.11 Å². The van der Waals surface area contributed by atoms with Gasteiger partial charge in [0.2, 0.25) is 0 Å². The van der Waals surface area contributed by atoms with Crippen molar-refractivity contribution in [2.75, 3.05) is 0 Å². The van der Waals surface area contributed by atoms with Gasteiger partial charge in [-0.3, -0.25) is 0 Å². The summed E-state index contributed by atoms with van der Waals surface area (Å²) in [6.45, 7) is 11.2. The summed E-state index contributed by atoms with van der Waals surface area (Å²) in [5.41, 5.74) is 0.590. The van der Waals surface area contributed by atoms with E-state index in [-0.39, 0.29) is 23.7 Å². The highest BCUT2D eigenvalue weighted by Gasteiger charge is 2.68. The van der Waals surface area contributed by atoms with Crippen LogP contribution in [0.25, 0.3) is 0 Å². The molecule has 0 radical (unpaired) electrons. The third kappa shape index (κ3) is 2.53. The number of aliphatic hydroxyl groups excluding tert-OH is 1. The predicted molar refractivity (Wildman–Crippen MR) is 109 cm³/mol. The maximum Gasteiger partial charge on any atom is 0.163 e. The molecule has 4 unspecified atom stereocenters. The Bertz CT molecular complexity index is 704. The van der Waals surface area contributed by atoms with Gasteiger partial charge in [0, 0.05) is 5.92 Å². The molecule has 0 aromatic heterocycles. The monoisotopic (exact) mass is 386 g/mol. The number of hydrogen-bond donors (Lipinski definition) is 1. The second-order valence-electron chi connectivity index (χ2n) is 11.5. The largest absolute Gasteiger partial charge is 0.393 e. The SMILES string of the molecule is CC#C[C@H]1CCC2C3C(CC[C@@]21C)[C@@]1(C)CC[C@@H](O)CC1[C@H]1OC(C)(C)O[C@H]31. The summed E-state index contributed by atoms with van der Waals surface area (Å²) in [6.07, 6.45) is 8.22. The maximum atomic E-state index is 10.5. The van der Waals surface area contributed by atoms with Crippen LogP contribution in [-0.4, -0.2) is 29.2 Å². The third-order valence-corrected chi connectivity index (χ3v) is 9.83. The molecule has 5 aliphatic rings. The number of fused-ring (bicyclic) bond motifs is 8. The van der Waals surface area contributed by atoms with E-state index in [1.165, 1.54) is 25.7 Å². The van der Waals surface area contributed by atoms with E-state index in [0.29, 0.717) is 35.0 Å². The van der Waals surface area contributed by atoms with Crippen molar-refractivity contribution in [1.29, 1.82) is 0 Å². The molecular formula is C25H38O3. The van der Waals surface area contributed by atoms with E-state index in [0.717, 1.165) is 19.3 Å². The van der Waals surface area contributed by atoms with Gasteiger partial charge in [-0.05, 0) is 100 Å². The quantitative estimate of drug-likeness (QED) is 0.610. The smallest absolute Gasteiger partial charge is 0.163 e. The van der Waals surface area contributed by atoms with Crippen molar-refractivity contribution in [3.63, 3.8) is 0 Å². The van der Waals surface area contributed by atoms with Gasteiger partial charge in [0.15, 0.2) is 5.79 Å². The van der Waals surface area contributed by atoms with Gasteiger partial charge in [-0.15, -0.1) is 5.92 Å². The Morgan fingerprint density at radius 1 is 0.821 bits per heavy atom. The van der Waals surface area contributed by atoms with Crippen molar-refractivity contribution < 1.29 is 14.6 Å². The second kappa shape index (κ2) is 6.22. The summed E-state index contributed by atoms with van der Waals surface area (Å²) >= 11 is 0. The fraction of sp³-hybridized carbons (Fsp3) is 0.920. The lowest BCUT2D eigenvalue weighted by Crippen LogP contribution is -2.63. The lowest BCUT2D eigenvalue weighted by Gasteiger charge is -2.63. The molecule has 1 aliphatic heterocycles. The van der Waals surface area contributed by atoms with Crippen LogP contribution in [0.1, 0.15) is 79.6 Å². The summed E-state index contributed by atoms with van der Waals surface area (Å²) in [5, 5.41) is 10.5. The lowest BCUT2D eigenvalue weighted by atomic mass is 9.43. The lowest BCUT2D eigenvalue weighted by molar-refractivity contribution is -0.187. The summed E-state index contributed by atoms with van der Waals surface area (Å²) in [4.78, 5) is 0. The van der Waals surface area contributed by atoms with Gasteiger partial charge in [0.25, 0.3) is 0 Å². The average Bonchev–Trinajstić information content (AvgIpc) is 3.13. The van der Waals surface area contributed by atoms with Crippen LogP contribution in [0.4, 0.5) is 0 Å². The Balaban J connectivity index is 1.57. The molecule has 0 aromatic rings. The Hall–Kier alpha value is -0.560. The Labute approximate surface area is 170 Å². The molecule has 5 fully saturated rings. The van der Waals surface area contributed by atoms with Crippen LogP contribution in [0.3, 0.4) is 0 Å². The first-order chi connectivity index (χ1) is 13.2. The molecule has 3 nitrogen and oxygen atoms in total. The molecule has 4 aliphatic carbocycles. The van der Waals surface area contributed by atoms with E-state index < -0.39 is 5.79 Å². The van der Waals surface area contributed by atoms with Crippen LogP contribution >= 0.6 is 0 Å². The highest BCUT2D eigenvalue weighted by Crippen LogP contribution is 2.69. The summed E-state index contributed by atoms with van der Waals surface area (Å²) in [5.74, 6) is 9.19. The van der Waals surface area contributed by atoms with Crippen molar-refractivity contribution in [1.82, 2.24) is 0 Å². The minimum atomic E-state index is -0.511. The molecule has 0 aromatic carbocycles. The molecule has 5 rings (SSSR count). The Kier molecular flexibility index (Phi) is 4.31. The first-order valence-electron chi connectivity index (χ1n) is 11.7. The van der Waals surface area contributed by atoms with Crippen molar-refractivity contribution >= 4 is 0 Å². The molecule has 1 N–H and O–H groups in total. The van der Waals surface area contributed by atoms with Crippen LogP contribution in [-0.2, 0) is 9.47 Å². The molecule has 156 valence electrons. The summed E-state index contributed by atoms with van der Waals surface area (Å²) in [6, 6.07) is 0. The minimum absolute atomic E-state index is 0.134. The summed E-state index contributed by atoms with van der Waals surface area (Å²) in [7, 11) is 0. The van der Waals surface area contributed by atoms with Gasteiger partial charge < -0.3 is 14.6 Å². The van der Waals surface area contributed by atoms with Crippen molar-refractivity contribution in [2.24, 2.45) is 40.4 Å². The second-order valence-corrected chi connectivity index (χ2v) is 11.5. The number of rotatable bonds is 0. The average molecular weight is 387 g/mol. The van der Waals surface area contributed by atoms with Crippen molar-refractivity contribution in [2.45, 2.75) is 104 Å². The molecule has 4 saturated carbocycles. The zero-order chi connectivity index (χ0) is 19.9. The molecule has 0 spiro atoms. The highest BCUT2D eigenvalue weighted by atomic mass is 16.8.